The minimum atomic E-state index is 0.666. The van der Waals surface area contributed by atoms with Crippen LogP contribution in [-0.4, -0.2) is 12.3 Å². The van der Waals surface area contributed by atoms with Gasteiger partial charge in [-0.15, -0.1) is 0 Å². The zero-order valence-electron chi connectivity index (χ0n) is 17.3. The molecule has 1 aliphatic heterocycles. The summed E-state index contributed by atoms with van der Waals surface area (Å²) in [6.07, 6.45) is 10.3. The molecule has 1 saturated carbocycles. The summed E-state index contributed by atoms with van der Waals surface area (Å²) in [5.74, 6) is 1.48. The van der Waals surface area contributed by atoms with Crippen LogP contribution in [0.5, 0.6) is 0 Å². The van der Waals surface area contributed by atoms with E-state index in [9.17, 15) is 0 Å². The van der Waals surface area contributed by atoms with Crippen LogP contribution in [0.2, 0.25) is 0 Å². The van der Waals surface area contributed by atoms with Gasteiger partial charge in [-0.1, -0.05) is 79.6 Å². The molecular formula is C28H31N. The van der Waals surface area contributed by atoms with Crippen molar-refractivity contribution in [3.05, 3.63) is 83.4 Å². The summed E-state index contributed by atoms with van der Waals surface area (Å²) in [5.41, 5.74) is 5.78. The summed E-state index contributed by atoms with van der Waals surface area (Å²) < 4.78 is 0. The number of benzene rings is 3. The normalized spacial score (nSPS) is 22.0. The Morgan fingerprint density at radius 1 is 0.690 bits per heavy atom. The second-order valence-electron chi connectivity index (χ2n) is 8.95. The highest BCUT2D eigenvalue weighted by molar-refractivity contribution is 6.03. The maximum atomic E-state index is 5.22. The minimum Gasteiger partial charge on any atom is -0.289 e. The summed E-state index contributed by atoms with van der Waals surface area (Å²) in [4.78, 5) is 5.22. The van der Waals surface area contributed by atoms with Crippen molar-refractivity contribution in [2.75, 3.05) is 6.54 Å². The van der Waals surface area contributed by atoms with Gasteiger partial charge < -0.3 is 0 Å². The monoisotopic (exact) mass is 381 g/mol. The zero-order valence-corrected chi connectivity index (χ0v) is 17.3. The number of aliphatic imine (C=N–C) groups is 1. The highest BCUT2D eigenvalue weighted by Gasteiger charge is 2.26. The first-order valence-electron chi connectivity index (χ1n) is 11.5. The van der Waals surface area contributed by atoms with Gasteiger partial charge in [0.05, 0.1) is 0 Å². The van der Waals surface area contributed by atoms with Crippen LogP contribution in [-0.2, 0) is 12.8 Å². The smallest absolute Gasteiger partial charge is 0.0454 e. The van der Waals surface area contributed by atoms with Gasteiger partial charge in [-0.25, -0.2) is 0 Å². The Hall–Kier alpha value is -2.41. The van der Waals surface area contributed by atoms with E-state index in [0.717, 1.165) is 25.3 Å². The molecule has 2 atom stereocenters. The van der Waals surface area contributed by atoms with Gasteiger partial charge in [0.2, 0.25) is 0 Å². The molecule has 0 spiro atoms. The summed E-state index contributed by atoms with van der Waals surface area (Å²) in [6, 6.07) is 24.6. The predicted octanol–water partition coefficient (Wildman–Crippen LogP) is 7.01. The van der Waals surface area contributed by atoms with Crippen molar-refractivity contribution in [3.8, 4) is 0 Å². The Morgan fingerprint density at radius 2 is 1.45 bits per heavy atom. The molecule has 0 saturated heterocycles. The average Bonchev–Trinajstić information content (AvgIpc) is 2.89. The second kappa shape index (κ2) is 8.53. The van der Waals surface area contributed by atoms with E-state index >= 15 is 0 Å². The molecule has 1 nitrogen and oxygen atoms in total. The van der Waals surface area contributed by atoms with Gasteiger partial charge in [0.25, 0.3) is 0 Å². The van der Waals surface area contributed by atoms with E-state index in [2.05, 4.69) is 66.7 Å². The van der Waals surface area contributed by atoms with Crippen LogP contribution in [0.4, 0.5) is 0 Å². The van der Waals surface area contributed by atoms with Crippen LogP contribution in [0.15, 0.2) is 71.7 Å². The lowest BCUT2D eigenvalue weighted by atomic mass is 9.82. The largest absolute Gasteiger partial charge is 0.289 e. The van der Waals surface area contributed by atoms with Crippen molar-refractivity contribution < 1.29 is 0 Å². The molecule has 0 radical (unpaired) electrons. The Kier molecular flexibility index (Phi) is 5.47. The van der Waals surface area contributed by atoms with Gasteiger partial charge in [0.1, 0.15) is 0 Å². The number of fused-ring (bicyclic) bond motifs is 4. The fourth-order valence-corrected chi connectivity index (χ4v) is 5.43. The number of hydrogen-bond donors (Lipinski definition) is 0. The fourth-order valence-electron chi connectivity index (χ4n) is 5.43. The van der Waals surface area contributed by atoms with Gasteiger partial charge >= 0.3 is 0 Å². The van der Waals surface area contributed by atoms with Gasteiger partial charge in [0, 0.05) is 18.2 Å². The molecule has 0 amide bonds. The predicted molar refractivity (Wildman–Crippen MR) is 124 cm³/mol. The molecule has 29 heavy (non-hydrogen) atoms. The van der Waals surface area contributed by atoms with Gasteiger partial charge in [-0.3, -0.25) is 4.99 Å². The molecule has 1 heteroatoms. The topological polar surface area (TPSA) is 12.4 Å². The standard InChI is InChI=1S/C28H31N/c1-2-11-25-17-16-21(8-1)20-29-28(25)27-15-6-4-10-24(27)19-18-23-13-7-12-22-9-3-5-14-26(22)23/h3-7,9-10,12-15,21,25H,1-2,8,11,16-20H2. The van der Waals surface area contributed by atoms with Crippen molar-refractivity contribution >= 4 is 16.5 Å². The third-order valence-corrected chi connectivity index (χ3v) is 7.08. The zero-order chi connectivity index (χ0) is 19.5. The van der Waals surface area contributed by atoms with Crippen LogP contribution in [0.25, 0.3) is 10.8 Å². The molecule has 1 fully saturated rings. The van der Waals surface area contributed by atoms with E-state index in [0.29, 0.717) is 5.92 Å². The Morgan fingerprint density at radius 3 is 2.45 bits per heavy atom. The van der Waals surface area contributed by atoms with Crippen molar-refractivity contribution in [1.29, 1.82) is 0 Å². The molecule has 2 bridgehead atoms. The van der Waals surface area contributed by atoms with Crippen LogP contribution in [0, 0.1) is 11.8 Å². The third-order valence-electron chi connectivity index (χ3n) is 7.08. The number of nitrogens with zero attached hydrogens (tertiary/aromatic N) is 1. The van der Waals surface area contributed by atoms with Gasteiger partial charge in [-0.05, 0) is 71.9 Å². The quantitative estimate of drug-likeness (QED) is 0.461. The van der Waals surface area contributed by atoms with E-state index < -0.39 is 0 Å². The van der Waals surface area contributed by atoms with E-state index in [1.165, 1.54) is 71.7 Å². The fraction of sp³-hybridized carbons (Fsp3) is 0.393. The summed E-state index contributed by atoms with van der Waals surface area (Å²) in [5, 5.41) is 2.74. The van der Waals surface area contributed by atoms with Crippen molar-refractivity contribution in [2.45, 2.75) is 51.4 Å². The van der Waals surface area contributed by atoms with Crippen molar-refractivity contribution in [2.24, 2.45) is 16.8 Å². The molecule has 1 aliphatic carbocycles. The minimum absolute atomic E-state index is 0.666. The highest BCUT2D eigenvalue weighted by Crippen LogP contribution is 2.33. The third kappa shape index (κ3) is 4.01. The number of rotatable bonds is 4. The van der Waals surface area contributed by atoms with E-state index in [4.69, 9.17) is 4.99 Å². The Labute approximate surface area is 174 Å². The Bertz CT molecular complexity index is 1010. The molecule has 2 aliphatic rings. The number of hydrogen-bond acceptors (Lipinski definition) is 1. The van der Waals surface area contributed by atoms with Crippen molar-refractivity contribution in [3.63, 3.8) is 0 Å². The first-order chi connectivity index (χ1) is 14.4. The van der Waals surface area contributed by atoms with Crippen LogP contribution < -0.4 is 0 Å². The molecule has 5 rings (SSSR count). The lowest BCUT2D eigenvalue weighted by molar-refractivity contribution is 0.373. The van der Waals surface area contributed by atoms with Gasteiger partial charge in [0.15, 0.2) is 0 Å². The second-order valence-corrected chi connectivity index (χ2v) is 8.95. The van der Waals surface area contributed by atoms with Crippen molar-refractivity contribution in [1.82, 2.24) is 0 Å². The lowest BCUT2D eigenvalue weighted by Gasteiger charge is -2.22. The van der Waals surface area contributed by atoms with E-state index in [1.54, 1.807) is 0 Å². The maximum Gasteiger partial charge on any atom is 0.0454 e. The van der Waals surface area contributed by atoms with Crippen LogP contribution in [0.1, 0.15) is 55.2 Å². The van der Waals surface area contributed by atoms with Crippen LogP contribution >= 0.6 is 0 Å². The molecular weight excluding hydrogens is 350 g/mol. The SMILES string of the molecule is c1ccc(C2=NCC3CCCCC2CC3)c(CCc2cccc3ccccc23)c1. The van der Waals surface area contributed by atoms with Crippen LogP contribution in [0.3, 0.4) is 0 Å². The molecule has 3 aromatic rings. The average molecular weight is 382 g/mol. The maximum absolute atomic E-state index is 5.22. The Balaban J connectivity index is 1.44. The van der Waals surface area contributed by atoms with E-state index in [-0.39, 0.29) is 0 Å². The lowest BCUT2D eigenvalue weighted by Crippen LogP contribution is -2.18. The summed E-state index contributed by atoms with van der Waals surface area (Å²) in [6.45, 7) is 1.05. The number of aryl methyl sites for hydroxylation is 2. The molecule has 0 N–H and O–H groups in total. The molecule has 3 aromatic carbocycles. The molecule has 148 valence electrons. The molecule has 0 aromatic heterocycles. The van der Waals surface area contributed by atoms with Gasteiger partial charge in [-0.2, -0.15) is 0 Å². The van der Waals surface area contributed by atoms with E-state index in [1.807, 2.05) is 0 Å². The summed E-state index contributed by atoms with van der Waals surface area (Å²) >= 11 is 0. The molecule has 1 heterocycles. The first kappa shape index (κ1) is 18.6. The molecule has 2 unspecified atom stereocenters. The summed E-state index contributed by atoms with van der Waals surface area (Å²) in [7, 11) is 0. The first-order valence-corrected chi connectivity index (χ1v) is 11.5. The highest BCUT2D eigenvalue weighted by atomic mass is 14.8.